The monoisotopic (exact) mass is 482 g/mol. The van der Waals surface area contributed by atoms with Crippen LogP contribution < -0.4 is 5.32 Å². The molecule has 3 aromatic rings. The summed E-state index contributed by atoms with van der Waals surface area (Å²) in [5.41, 5.74) is 2.90. The lowest BCUT2D eigenvalue weighted by Gasteiger charge is -2.31. The van der Waals surface area contributed by atoms with Crippen molar-refractivity contribution in [1.82, 2.24) is 20.4 Å². The van der Waals surface area contributed by atoms with Crippen LogP contribution >= 0.6 is 0 Å². The van der Waals surface area contributed by atoms with E-state index < -0.39 is 9.84 Å². The van der Waals surface area contributed by atoms with E-state index in [0.29, 0.717) is 24.8 Å². The fourth-order valence-corrected chi connectivity index (χ4v) is 4.91. The molecule has 1 amide bonds. The number of aromatic nitrogens is 2. The number of hydrogen-bond donors (Lipinski definition) is 1. The Morgan fingerprint density at radius 1 is 1.21 bits per heavy atom. The molecule has 0 aliphatic carbocycles. The smallest absolute Gasteiger partial charge is 0.241 e. The Morgan fingerprint density at radius 3 is 2.65 bits per heavy atom. The lowest BCUT2D eigenvalue weighted by molar-refractivity contribution is -0.127. The van der Waals surface area contributed by atoms with Crippen molar-refractivity contribution in [2.75, 3.05) is 19.3 Å². The zero-order chi connectivity index (χ0) is 24.3. The van der Waals surface area contributed by atoms with Crippen molar-refractivity contribution in [3.63, 3.8) is 0 Å². The molecule has 1 fully saturated rings. The molecule has 1 aromatic heterocycles. The first-order valence-corrected chi connectivity index (χ1v) is 13.3. The number of carbonyl (C=O) groups excluding carboxylic acids is 1. The maximum absolute atomic E-state index is 12.9. The Kier molecular flexibility index (Phi) is 7.13. The van der Waals surface area contributed by atoms with Crippen molar-refractivity contribution in [2.24, 2.45) is 5.92 Å². The summed E-state index contributed by atoms with van der Waals surface area (Å²) in [5, 5.41) is 7.21. The Bertz CT molecular complexity index is 1250. The molecule has 0 saturated carbocycles. The first-order valence-electron chi connectivity index (χ1n) is 11.4. The normalized spacial score (nSPS) is 17.9. The highest BCUT2D eigenvalue weighted by Crippen LogP contribution is 2.23. The molecule has 2 heterocycles. The number of aryl methyl sites for hydroxylation is 1. The van der Waals surface area contributed by atoms with E-state index in [2.05, 4.69) is 20.4 Å². The van der Waals surface area contributed by atoms with Gasteiger partial charge in [-0.3, -0.25) is 9.69 Å². The van der Waals surface area contributed by atoms with Gasteiger partial charge in [0, 0.05) is 18.4 Å². The van der Waals surface area contributed by atoms with E-state index in [-0.39, 0.29) is 22.8 Å². The number of likely N-dealkylation sites (tertiary alicyclic amines) is 1. The molecule has 2 unspecified atom stereocenters. The largest absolute Gasteiger partial charge is 0.349 e. The van der Waals surface area contributed by atoms with Crippen molar-refractivity contribution >= 4 is 15.7 Å². The number of carbonyl (C=O) groups is 1. The molecule has 1 aliphatic rings. The highest BCUT2D eigenvalue weighted by Gasteiger charge is 2.28. The van der Waals surface area contributed by atoms with Crippen LogP contribution in [0.2, 0.25) is 0 Å². The summed E-state index contributed by atoms with van der Waals surface area (Å²) >= 11 is 0. The number of benzene rings is 2. The second-order valence-corrected chi connectivity index (χ2v) is 11.0. The van der Waals surface area contributed by atoms with Crippen LogP contribution in [-0.2, 0) is 21.2 Å². The minimum absolute atomic E-state index is 0.00415. The number of hydrogen-bond acceptors (Lipinski definition) is 7. The van der Waals surface area contributed by atoms with Crippen molar-refractivity contribution in [2.45, 2.75) is 44.2 Å². The van der Waals surface area contributed by atoms with Gasteiger partial charge in [-0.15, -0.1) is 0 Å². The summed E-state index contributed by atoms with van der Waals surface area (Å²) in [4.78, 5) is 19.9. The van der Waals surface area contributed by atoms with Crippen LogP contribution in [0.4, 0.5) is 0 Å². The number of sulfone groups is 1. The van der Waals surface area contributed by atoms with Gasteiger partial charge in [0.25, 0.3) is 0 Å². The fraction of sp³-hybridized carbons (Fsp3) is 0.400. The van der Waals surface area contributed by atoms with Crippen LogP contribution in [-0.4, -0.2) is 48.7 Å². The molecule has 1 N–H and O–H groups in total. The molecule has 0 bridgehead atoms. The van der Waals surface area contributed by atoms with Gasteiger partial charge in [0.15, 0.2) is 9.84 Å². The third kappa shape index (κ3) is 5.71. The highest BCUT2D eigenvalue weighted by atomic mass is 32.2. The third-order valence-electron chi connectivity index (χ3n) is 6.26. The predicted octanol–water partition coefficient (Wildman–Crippen LogP) is 3.54. The van der Waals surface area contributed by atoms with Gasteiger partial charge in [0.1, 0.15) is 0 Å². The maximum atomic E-state index is 12.9. The van der Waals surface area contributed by atoms with Gasteiger partial charge in [-0.05, 0) is 56.5 Å². The van der Waals surface area contributed by atoms with E-state index in [1.807, 2.05) is 38.1 Å². The fourth-order valence-electron chi connectivity index (χ4n) is 4.27. The van der Waals surface area contributed by atoms with E-state index in [4.69, 9.17) is 4.52 Å². The van der Waals surface area contributed by atoms with Gasteiger partial charge in [-0.25, -0.2) is 8.42 Å². The zero-order valence-corrected chi connectivity index (χ0v) is 20.5. The predicted molar refractivity (Wildman–Crippen MR) is 129 cm³/mol. The Balaban J connectivity index is 1.34. The minimum atomic E-state index is -3.24. The van der Waals surface area contributed by atoms with Crippen molar-refractivity contribution < 1.29 is 17.7 Å². The molecule has 2 atom stereocenters. The molecule has 2 aromatic carbocycles. The first-order chi connectivity index (χ1) is 16.2. The van der Waals surface area contributed by atoms with Crippen molar-refractivity contribution in [3.8, 4) is 11.4 Å². The lowest BCUT2D eigenvalue weighted by Crippen LogP contribution is -2.43. The topological polar surface area (TPSA) is 105 Å². The van der Waals surface area contributed by atoms with Crippen LogP contribution in [0, 0.1) is 12.8 Å². The van der Waals surface area contributed by atoms with Crippen LogP contribution in [0.1, 0.15) is 42.8 Å². The van der Waals surface area contributed by atoms with Crippen LogP contribution in [0.25, 0.3) is 11.4 Å². The van der Waals surface area contributed by atoms with E-state index >= 15 is 0 Å². The molecule has 9 heteroatoms. The van der Waals surface area contributed by atoms with Gasteiger partial charge in [0.05, 0.1) is 23.4 Å². The molecule has 0 radical (unpaired) electrons. The molecule has 34 heavy (non-hydrogen) atoms. The average molecular weight is 483 g/mol. The van der Waals surface area contributed by atoms with Gasteiger partial charge >= 0.3 is 0 Å². The van der Waals surface area contributed by atoms with E-state index in [9.17, 15) is 13.2 Å². The maximum Gasteiger partial charge on any atom is 0.241 e. The molecule has 4 rings (SSSR count). The lowest BCUT2D eigenvalue weighted by atomic mass is 9.96. The molecule has 1 saturated heterocycles. The molecular weight excluding hydrogens is 452 g/mol. The highest BCUT2D eigenvalue weighted by molar-refractivity contribution is 7.90. The zero-order valence-electron chi connectivity index (χ0n) is 19.7. The van der Waals surface area contributed by atoms with Crippen LogP contribution in [0.5, 0.6) is 0 Å². The number of piperidine rings is 1. The van der Waals surface area contributed by atoms with Crippen LogP contribution in [0.15, 0.2) is 57.9 Å². The van der Waals surface area contributed by atoms with Crippen molar-refractivity contribution in [3.05, 3.63) is 65.5 Å². The molecular formula is C25H30N4O4S. The first kappa shape index (κ1) is 24.1. The quantitative estimate of drug-likeness (QED) is 0.549. The number of nitrogens with zero attached hydrogens (tertiary/aromatic N) is 3. The SMILES string of the molecule is Cc1ccccc1-c1noc(CN2CCCC(C(=O)NC(C)c3ccc(S(C)(=O)=O)cc3)C2)n1. The van der Waals surface area contributed by atoms with Gasteiger partial charge in [-0.2, -0.15) is 4.98 Å². The molecule has 1 aliphatic heterocycles. The summed E-state index contributed by atoms with van der Waals surface area (Å²) < 4.78 is 28.8. The summed E-state index contributed by atoms with van der Waals surface area (Å²) in [6.07, 6.45) is 2.91. The molecule has 8 nitrogen and oxygen atoms in total. The van der Waals surface area contributed by atoms with Gasteiger partial charge < -0.3 is 9.84 Å². The van der Waals surface area contributed by atoms with Crippen LogP contribution in [0.3, 0.4) is 0 Å². The Morgan fingerprint density at radius 2 is 1.94 bits per heavy atom. The number of rotatable bonds is 7. The molecule has 0 spiro atoms. The Labute approximate surface area is 200 Å². The standard InChI is InChI=1S/C25H30N4O4S/c1-17-7-4-5-9-22(17)24-27-23(33-28-24)16-29-14-6-8-20(15-29)25(30)26-18(2)19-10-12-21(13-11-19)34(3,31)32/h4-5,7,9-13,18,20H,6,8,14-16H2,1-3H3,(H,26,30). The minimum Gasteiger partial charge on any atom is -0.349 e. The second kappa shape index (κ2) is 10.1. The summed E-state index contributed by atoms with van der Waals surface area (Å²) in [7, 11) is -3.24. The molecule has 180 valence electrons. The summed E-state index contributed by atoms with van der Waals surface area (Å²) in [6, 6.07) is 14.3. The Hall–Kier alpha value is -3.04. The number of nitrogens with one attached hydrogen (secondary N) is 1. The van der Waals surface area contributed by atoms with E-state index in [1.165, 1.54) is 6.26 Å². The summed E-state index contributed by atoms with van der Waals surface area (Å²) in [5.74, 6) is 0.981. The van der Waals surface area contributed by atoms with E-state index in [1.54, 1.807) is 24.3 Å². The van der Waals surface area contributed by atoms with E-state index in [0.717, 1.165) is 36.1 Å². The van der Waals surface area contributed by atoms with Crippen molar-refractivity contribution in [1.29, 1.82) is 0 Å². The second-order valence-electron chi connectivity index (χ2n) is 8.97. The van der Waals surface area contributed by atoms with Gasteiger partial charge in [-0.1, -0.05) is 41.6 Å². The summed E-state index contributed by atoms with van der Waals surface area (Å²) in [6.45, 7) is 5.91. The average Bonchev–Trinajstić information content (AvgIpc) is 3.27. The van der Waals surface area contributed by atoms with Gasteiger partial charge in [0.2, 0.25) is 17.6 Å². The number of amides is 1. The third-order valence-corrected chi connectivity index (χ3v) is 7.38.